The van der Waals surface area contributed by atoms with E-state index in [1.165, 1.54) is 0 Å². The number of nitrogens with zero attached hydrogens (tertiary/aromatic N) is 2. The van der Waals surface area contributed by atoms with Crippen LogP contribution in [-0.4, -0.2) is 37.0 Å². The van der Waals surface area contributed by atoms with Gasteiger partial charge in [0.15, 0.2) is 0 Å². The molecule has 0 radical (unpaired) electrons. The summed E-state index contributed by atoms with van der Waals surface area (Å²) in [5, 5.41) is 12.5. The van der Waals surface area contributed by atoms with E-state index in [4.69, 9.17) is 0 Å². The number of alkyl halides is 3. The van der Waals surface area contributed by atoms with Crippen LogP contribution in [0.15, 0.2) is 18.2 Å². The maximum atomic E-state index is 12.5. The van der Waals surface area contributed by atoms with Crippen LogP contribution in [0.2, 0.25) is 0 Å². The van der Waals surface area contributed by atoms with Gasteiger partial charge >= 0.3 is 11.9 Å². The lowest BCUT2D eigenvalue weighted by Crippen LogP contribution is -2.78. The predicted molar refractivity (Wildman–Crippen MR) is 67.7 cm³/mol. The maximum Gasteiger partial charge on any atom is 0.416 e. The highest BCUT2D eigenvalue weighted by molar-refractivity contribution is 5.53. The molecule has 8 heteroatoms. The van der Waals surface area contributed by atoms with Gasteiger partial charge in [0.2, 0.25) is 5.69 Å². The minimum atomic E-state index is -4.58. The van der Waals surface area contributed by atoms with Crippen molar-refractivity contribution in [2.45, 2.75) is 12.6 Å². The van der Waals surface area contributed by atoms with Crippen LogP contribution in [0.25, 0.3) is 0 Å². The van der Waals surface area contributed by atoms with Gasteiger partial charge in [-0.25, -0.2) is 0 Å². The first kappa shape index (κ1) is 16.4. The summed E-state index contributed by atoms with van der Waals surface area (Å²) in [6, 6.07) is 2.60. The Morgan fingerprint density at radius 2 is 2.00 bits per heavy atom. The van der Waals surface area contributed by atoms with E-state index in [-0.39, 0.29) is 5.69 Å². The van der Waals surface area contributed by atoms with E-state index in [1.807, 2.05) is 19.0 Å². The van der Waals surface area contributed by atoms with Gasteiger partial charge in [-0.1, -0.05) is 0 Å². The van der Waals surface area contributed by atoms with Crippen molar-refractivity contribution in [2.24, 2.45) is 0 Å². The predicted octanol–water partition coefficient (Wildman–Crippen LogP) is 1.76. The van der Waals surface area contributed by atoms with Gasteiger partial charge in [0.25, 0.3) is 0 Å². The Morgan fingerprint density at radius 1 is 1.35 bits per heavy atom. The number of hydrogen-bond donors (Lipinski definition) is 1. The topological polar surface area (TPSA) is 63.0 Å². The van der Waals surface area contributed by atoms with Gasteiger partial charge in [-0.2, -0.15) is 13.2 Å². The third kappa shape index (κ3) is 4.78. The summed E-state index contributed by atoms with van der Waals surface area (Å²) in [5.74, 6) is 0. The molecule has 1 aromatic rings. The Balaban J connectivity index is 2.83. The van der Waals surface area contributed by atoms with Crippen LogP contribution >= 0.6 is 0 Å². The van der Waals surface area contributed by atoms with E-state index < -0.39 is 22.4 Å². The summed E-state index contributed by atoms with van der Waals surface area (Å²) in [6.07, 6.45) is -3.79. The highest BCUT2D eigenvalue weighted by Gasteiger charge is 2.33. The highest BCUT2D eigenvalue weighted by atomic mass is 19.4. The van der Waals surface area contributed by atoms with Gasteiger partial charge in [-0.15, -0.1) is 0 Å². The van der Waals surface area contributed by atoms with Gasteiger partial charge in [0, 0.05) is 25.1 Å². The third-order valence-electron chi connectivity index (χ3n) is 2.73. The first-order chi connectivity index (χ1) is 9.21. The molecule has 0 aliphatic carbocycles. The van der Waals surface area contributed by atoms with Crippen molar-refractivity contribution in [3.63, 3.8) is 0 Å². The monoisotopic (exact) mass is 292 g/mol. The second-order valence-electron chi connectivity index (χ2n) is 4.68. The Kier molecular flexibility index (Phi) is 5.46. The largest absolute Gasteiger partial charge is 0.416 e. The molecule has 0 bridgehead atoms. The van der Waals surface area contributed by atoms with Crippen molar-refractivity contribution in [1.82, 2.24) is 4.90 Å². The second-order valence-corrected chi connectivity index (χ2v) is 4.68. The molecule has 0 atom stereocenters. The molecule has 0 aliphatic heterocycles. The second kappa shape index (κ2) is 6.67. The molecular weight excluding hydrogens is 275 g/mol. The summed E-state index contributed by atoms with van der Waals surface area (Å²) in [6.45, 7) is 1.38. The molecule has 0 aromatic heterocycles. The lowest BCUT2D eigenvalue weighted by Gasteiger charge is -2.09. The highest BCUT2D eigenvalue weighted by Crippen LogP contribution is 2.33. The summed E-state index contributed by atoms with van der Waals surface area (Å²) in [4.78, 5) is 12.0. The van der Waals surface area contributed by atoms with Crippen LogP contribution in [0.1, 0.15) is 12.0 Å². The standard InChI is InChI=1S/C12H16F3N3O2/c1-17(2)7-3-6-16-10-5-4-9(12(13,14)15)8-11(10)18(19)20/h4-5,8,16H,3,6-7H2,1-2H3/p+1. The van der Waals surface area contributed by atoms with Crippen LogP contribution in [0.3, 0.4) is 0 Å². The molecule has 0 unspecified atom stereocenters. The molecule has 0 saturated carbocycles. The molecule has 2 N–H and O–H groups in total. The van der Waals surface area contributed by atoms with Crippen molar-refractivity contribution >= 4 is 11.4 Å². The molecule has 1 aromatic carbocycles. The molecule has 0 saturated heterocycles. The first-order valence-corrected chi connectivity index (χ1v) is 6.05. The van der Waals surface area contributed by atoms with Crippen LogP contribution in [0.5, 0.6) is 0 Å². The number of halogens is 3. The van der Waals surface area contributed by atoms with E-state index in [0.717, 1.165) is 25.1 Å². The molecule has 20 heavy (non-hydrogen) atoms. The number of quaternary nitrogens is 1. The first-order valence-electron chi connectivity index (χ1n) is 6.05. The van der Waals surface area contributed by atoms with E-state index in [0.29, 0.717) is 12.6 Å². The summed E-state index contributed by atoms with van der Waals surface area (Å²) >= 11 is 0. The average Bonchev–Trinajstić information content (AvgIpc) is 2.33. The van der Waals surface area contributed by atoms with Crippen LogP contribution < -0.4 is 5.32 Å². The molecule has 112 valence electrons. The number of rotatable bonds is 6. The molecule has 1 rings (SSSR count). The van der Waals surface area contributed by atoms with Crippen molar-refractivity contribution in [2.75, 3.05) is 27.2 Å². The van der Waals surface area contributed by atoms with Gasteiger partial charge in [-0.3, -0.25) is 10.1 Å². The average molecular weight is 292 g/mol. The zero-order valence-electron chi connectivity index (χ0n) is 11.3. The van der Waals surface area contributed by atoms with Gasteiger partial charge in [0.05, 0.1) is 17.0 Å². The lowest BCUT2D eigenvalue weighted by molar-refractivity contribution is -0.577. The minimum absolute atomic E-state index is 0.224. The summed E-state index contributed by atoms with van der Waals surface area (Å²) < 4.78 is 37.6. The number of nitro groups is 1. The van der Waals surface area contributed by atoms with Gasteiger partial charge < -0.3 is 10.2 Å². The zero-order chi connectivity index (χ0) is 15.3. The lowest BCUT2D eigenvalue weighted by atomic mass is 10.1. The zero-order valence-corrected chi connectivity index (χ0v) is 11.3. The quantitative estimate of drug-likeness (QED) is 0.376. The fourth-order valence-electron chi connectivity index (χ4n) is 1.72. The Morgan fingerprint density at radius 3 is 2.50 bits per heavy atom. The molecular formula is C12H17F3N3O2+. The number of hydrogen-bond acceptors (Lipinski definition) is 3. The molecule has 0 fully saturated rings. The number of nitrogens with two attached hydrogens (primary N) is 1. The number of nitro benzene ring substituents is 1. The Labute approximate surface area is 114 Å². The Hall–Kier alpha value is -1.67. The number of benzene rings is 1. The molecule has 0 spiro atoms. The fourth-order valence-corrected chi connectivity index (χ4v) is 1.72. The van der Waals surface area contributed by atoms with Crippen molar-refractivity contribution in [1.29, 1.82) is 0 Å². The smallest absolute Gasteiger partial charge is 0.309 e. The molecule has 5 nitrogen and oxygen atoms in total. The van der Waals surface area contributed by atoms with E-state index in [9.17, 15) is 23.3 Å². The van der Waals surface area contributed by atoms with E-state index >= 15 is 0 Å². The van der Waals surface area contributed by atoms with Crippen LogP contribution in [0, 0.1) is 10.1 Å². The Bertz CT molecular complexity index is 476. The molecule has 0 aliphatic rings. The van der Waals surface area contributed by atoms with Crippen LogP contribution in [-0.2, 0) is 6.18 Å². The third-order valence-corrected chi connectivity index (χ3v) is 2.73. The van der Waals surface area contributed by atoms with Crippen LogP contribution in [0.4, 0.5) is 24.5 Å². The summed E-state index contributed by atoms with van der Waals surface area (Å²) in [7, 11) is 3.81. The fraction of sp³-hybridized carbons (Fsp3) is 0.500. The minimum Gasteiger partial charge on any atom is -0.309 e. The van der Waals surface area contributed by atoms with E-state index in [1.54, 1.807) is 5.32 Å². The SMILES string of the molecule is CN(C)CCC[NH2+]c1ccc(C(F)(F)F)cc1[N+](=O)[O-]. The summed E-state index contributed by atoms with van der Waals surface area (Å²) in [5.41, 5.74) is -1.29. The van der Waals surface area contributed by atoms with Crippen molar-refractivity contribution in [3.8, 4) is 0 Å². The van der Waals surface area contributed by atoms with Gasteiger partial charge in [0.1, 0.15) is 0 Å². The van der Waals surface area contributed by atoms with E-state index in [2.05, 4.69) is 0 Å². The normalized spacial score (nSPS) is 11.9. The molecule has 0 heterocycles. The molecule has 0 amide bonds. The van der Waals surface area contributed by atoms with Crippen molar-refractivity contribution < 1.29 is 23.4 Å². The van der Waals surface area contributed by atoms with Gasteiger partial charge in [-0.05, 0) is 20.2 Å². The maximum absolute atomic E-state index is 12.5. The van der Waals surface area contributed by atoms with Crippen molar-refractivity contribution in [3.05, 3.63) is 33.9 Å².